The molecule has 2 aliphatic heterocycles. The highest BCUT2D eigenvalue weighted by Gasteiger charge is 2.42. The predicted molar refractivity (Wildman–Crippen MR) is 205 cm³/mol. The van der Waals surface area contributed by atoms with Crippen molar-refractivity contribution in [1.82, 2.24) is 0 Å². The Morgan fingerprint density at radius 2 is 0.808 bits per heavy atom. The Bertz CT molecular complexity index is 1230. The molecule has 0 aliphatic carbocycles. The minimum absolute atomic E-state index is 0. The van der Waals surface area contributed by atoms with Gasteiger partial charge in [-0.2, -0.15) is 0 Å². The molecule has 0 bridgehead atoms. The molecule has 2 aromatic rings. The van der Waals surface area contributed by atoms with Crippen molar-refractivity contribution in [2.24, 2.45) is 11.5 Å². The molecule has 0 atom stereocenters. The zero-order valence-electron chi connectivity index (χ0n) is 30.7. The Hall–Kier alpha value is -4.70. The van der Waals surface area contributed by atoms with Crippen LogP contribution in [-0.4, -0.2) is 81.5 Å². The number of rotatable bonds is 6. The fraction of sp³-hybridized carbons (Fsp3) is 0.459. The summed E-state index contributed by atoms with van der Waals surface area (Å²) in [5.74, 6) is -7.24. The van der Waals surface area contributed by atoms with E-state index >= 15 is 0 Å². The molecule has 2 heterocycles. The molecule has 15 heteroatoms. The van der Waals surface area contributed by atoms with Crippen LogP contribution in [0, 0.1) is 0 Å². The number of aliphatic hydroxyl groups excluding tert-OH is 2. The van der Waals surface area contributed by atoms with Crippen LogP contribution in [0.2, 0.25) is 0 Å². The van der Waals surface area contributed by atoms with Gasteiger partial charge in [0.25, 0.3) is 11.6 Å². The number of nitrogens with two attached hydrogens (primary N) is 2. The van der Waals surface area contributed by atoms with Gasteiger partial charge in [0.05, 0.1) is 0 Å². The van der Waals surface area contributed by atoms with Crippen molar-refractivity contribution < 1.29 is 57.8 Å². The average molecular weight is 738 g/mol. The van der Waals surface area contributed by atoms with Crippen LogP contribution in [-0.2, 0) is 60.7 Å². The largest absolute Gasteiger partial charge is 0.509 e. The Morgan fingerprint density at radius 3 is 0.981 bits per heavy atom. The highest BCUT2D eigenvalue weighted by atomic mass is 16.8. The second kappa shape index (κ2) is 28.9. The highest BCUT2D eigenvalue weighted by Crippen LogP contribution is 2.25. The number of benzene rings is 2. The first kappa shape index (κ1) is 54.1. The van der Waals surface area contributed by atoms with Gasteiger partial charge in [0.1, 0.15) is 24.7 Å². The van der Waals surface area contributed by atoms with Crippen LogP contribution in [0.4, 0.5) is 0 Å². The van der Waals surface area contributed by atoms with Gasteiger partial charge in [-0.1, -0.05) is 104 Å². The lowest BCUT2D eigenvalue weighted by Gasteiger charge is -2.30. The van der Waals surface area contributed by atoms with Gasteiger partial charge in [-0.3, -0.25) is 0 Å². The molecule has 2 saturated heterocycles. The van der Waals surface area contributed by atoms with Gasteiger partial charge in [-0.05, 0) is 11.1 Å². The molecule has 0 saturated carbocycles. The summed E-state index contributed by atoms with van der Waals surface area (Å²) in [5, 5.41) is 18.7. The van der Waals surface area contributed by atoms with E-state index in [1.165, 1.54) is 53.0 Å². The van der Waals surface area contributed by atoms with Gasteiger partial charge in [-0.25, -0.2) is 19.2 Å². The van der Waals surface area contributed by atoms with Crippen LogP contribution in [0.5, 0.6) is 0 Å². The third kappa shape index (κ3) is 20.9. The summed E-state index contributed by atoms with van der Waals surface area (Å²) in [4.78, 5) is 45.4. The maximum absolute atomic E-state index is 11.3. The number of esters is 4. The third-order valence-electron chi connectivity index (χ3n) is 5.47. The Labute approximate surface area is 310 Å². The monoisotopic (exact) mass is 737 g/mol. The minimum atomic E-state index is -1.30. The fourth-order valence-electron chi connectivity index (χ4n) is 3.42. The summed E-state index contributed by atoms with van der Waals surface area (Å²) >= 11 is 0. The molecule has 52 heavy (non-hydrogen) atoms. The van der Waals surface area contributed by atoms with Crippen LogP contribution in [0.3, 0.4) is 0 Å². The lowest BCUT2D eigenvalue weighted by atomic mass is 10.2. The van der Waals surface area contributed by atoms with Crippen LogP contribution < -0.4 is 11.5 Å². The van der Waals surface area contributed by atoms with Gasteiger partial charge < -0.3 is 50.1 Å². The van der Waals surface area contributed by atoms with E-state index in [1.807, 2.05) is 88.4 Å². The zero-order valence-corrected chi connectivity index (χ0v) is 30.7. The first-order chi connectivity index (χ1) is 23.6. The van der Waals surface area contributed by atoms with Gasteiger partial charge in [-0.15, -0.1) is 0 Å². The molecule has 0 radical (unpaired) electrons. The fourth-order valence-corrected chi connectivity index (χ4v) is 3.42. The van der Waals surface area contributed by atoms with Crippen molar-refractivity contribution in [1.29, 1.82) is 0 Å². The topological polar surface area (TPSA) is 216 Å². The second-order valence-electron chi connectivity index (χ2n) is 10.2. The highest BCUT2D eigenvalue weighted by molar-refractivity contribution is 6.16. The quantitative estimate of drug-likeness (QED) is 0.108. The first-order valence-corrected chi connectivity index (χ1v) is 15.8. The smallest absolute Gasteiger partial charge is 0.352 e. The molecule has 2 aromatic carbocycles. The van der Waals surface area contributed by atoms with Crippen LogP contribution in [0.15, 0.2) is 83.3 Å². The summed E-state index contributed by atoms with van der Waals surface area (Å²) in [6, 6.07) is 20.0. The second-order valence-corrected chi connectivity index (χ2v) is 10.2. The molecule has 0 amide bonds. The van der Waals surface area contributed by atoms with E-state index in [-0.39, 0.29) is 29.1 Å². The van der Waals surface area contributed by atoms with Gasteiger partial charge in [0.2, 0.25) is 0 Å². The number of methoxy groups -OCH3 is 2. The van der Waals surface area contributed by atoms with Gasteiger partial charge in [0, 0.05) is 55.0 Å². The number of cyclic esters (lactones) is 4. The van der Waals surface area contributed by atoms with Crippen LogP contribution >= 0.6 is 0 Å². The summed E-state index contributed by atoms with van der Waals surface area (Å²) in [6.07, 6.45) is 0. The summed E-state index contributed by atoms with van der Waals surface area (Å²) in [7, 11) is 2.64. The zero-order chi connectivity index (χ0) is 38.9. The SMILES string of the molecule is C.CC.CC.COCC(O)=C1C(=O)OC(C)(C)OC1=O.COCC(O)=C1C(=O)OC(C)(C)OC1=O.NCc1ccccc1.NCc1ccccc1.[BH4-]. The van der Waals surface area contributed by atoms with Crippen LogP contribution in [0.1, 0.15) is 73.9 Å². The van der Waals surface area contributed by atoms with Crippen molar-refractivity contribution in [3.63, 3.8) is 0 Å². The molecule has 2 aliphatic rings. The number of aliphatic hydroxyl groups is 2. The molecule has 6 N–H and O–H groups in total. The standard InChI is InChI=1S/2C9H12O6.2C7H9N.2C2H6.CH4.BH4/c2*1-9(2)14-7(11)6(8(12)15-9)5(10)4-13-3;2*8-6-7-4-2-1-3-5-7;2*1-2;;/h2*10H,4H2,1-3H3;2*1-5H,6,8H2;2*1-2H3;2*1H4/q;;;;;;;-1. The third-order valence-corrected chi connectivity index (χ3v) is 5.47. The molecular formula is C37H62BN2O12-. The maximum atomic E-state index is 11.3. The van der Waals surface area contributed by atoms with Gasteiger partial charge >= 0.3 is 23.9 Å². The molecule has 0 unspecified atom stereocenters. The summed E-state index contributed by atoms with van der Waals surface area (Å²) in [6.45, 7) is 14.5. The van der Waals surface area contributed by atoms with E-state index < -0.39 is 58.1 Å². The number of carbonyl (C=O) groups is 4. The normalized spacial score (nSPS) is 14.3. The van der Waals surface area contributed by atoms with E-state index in [1.54, 1.807) is 0 Å². The Morgan fingerprint density at radius 1 is 0.577 bits per heavy atom. The van der Waals surface area contributed by atoms with Crippen molar-refractivity contribution in [2.75, 3.05) is 27.4 Å². The first-order valence-electron chi connectivity index (χ1n) is 15.8. The Balaban J connectivity index is -0.000000291. The average Bonchev–Trinajstić information content (AvgIpc) is 3.06. The Kier molecular flexibility index (Phi) is 30.1. The lowest BCUT2D eigenvalue weighted by Crippen LogP contribution is -2.42. The number of hydrogen-bond donors (Lipinski definition) is 4. The molecule has 0 spiro atoms. The summed E-state index contributed by atoms with van der Waals surface area (Å²) in [5.41, 5.74) is 12.0. The lowest BCUT2D eigenvalue weighted by molar-refractivity contribution is -0.224. The number of carbonyl (C=O) groups excluding carboxylic acids is 4. The van der Waals surface area contributed by atoms with Crippen molar-refractivity contribution in [2.45, 2.75) is 87.5 Å². The molecular weight excluding hydrogens is 675 g/mol. The van der Waals surface area contributed by atoms with Crippen molar-refractivity contribution >= 4 is 32.3 Å². The van der Waals surface area contributed by atoms with E-state index in [0.29, 0.717) is 13.1 Å². The van der Waals surface area contributed by atoms with Crippen molar-refractivity contribution in [3.05, 3.63) is 94.5 Å². The van der Waals surface area contributed by atoms with E-state index in [4.69, 9.17) is 30.4 Å². The number of ether oxygens (including phenoxy) is 6. The molecule has 2 fully saturated rings. The maximum Gasteiger partial charge on any atom is 0.352 e. The van der Waals surface area contributed by atoms with Crippen LogP contribution in [0.25, 0.3) is 0 Å². The van der Waals surface area contributed by atoms with E-state index in [2.05, 4.69) is 9.47 Å². The molecule has 296 valence electrons. The van der Waals surface area contributed by atoms with Crippen molar-refractivity contribution in [3.8, 4) is 0 Å². The minimum Gasteiger partial charge on any atom is -0.509 e. The van der Waals surface area contributed by atoms with Gasteiger partial charge in [0.15, 0.2) is 11.1 Å². The summed E-state index contributed by atoms with van der Waals surface area (Å²) < 4.78 is 28.2. The van der Waals surface area contributed by atoms with E-state index in [0.717, 1.165) is 0 Å². The van der Waals surface area contributed by atoms with E-state index in [9.17, 15) is 29.4 Å². The molecule has 14 nitrogen and oxygen atoms in total. The molecule has 0 aromatic heterocycles. The molecule has 4 rings (SSSR count). The predicted octanol–water partition coefficient (Wildman–Crippen LogP) is 4.09. The number of hydrogen-bond acceptors (Lipinski definition) is 14.